The lowest BCUT2D eigenvalue weighted by Crippen LogP contribution is -2.62. The van der Waals surface area contributed by atoms with E-state index < -0.39 is 0 Å². The Morgan fingerprint density at radius 1 is 1.06 bits per heavy atom. The average Bonchev–Trinajstić information content (AvgIpc) is 2.36. The number of hydrogen-bond acceptors (Lipinski definition) is 2. The summed E-state index contributed by atoms with van der Waals surface area (Å²) in [4.78, 5) is 0. The van der Waals surface area contributed by atoms with Crippen molar-refractivity contribution < 1.29 is 0 Å². The molecule has 1 aliphatic heterocycles. The highest BCUT2D eigenvalue weighted by atomic mass is 15.0. The fraction of sp³-hybridized carbons (Fsp3) is 0.929. The third-order valence-electron chi connectivity index (χ3n) is 5.21. The quantitative estimate of drug-likeness (QED) is 0.678. The molecule has 0 aromatic heterocycles. The first-order valence-corrected chi connectivity index (χ1v) is 7.03. The van der Waals surface area contributed by atoms with Crippen molar-refractivity contribution in [1.29, 1.82) is 5.26 Å². The van der Waals surface area contributed by atoms with Gasteiger partial charge in [-0.25, -0.2) is 0 Å². The number of nitrogens with zero attached hydrogens (tertiary/aromatic N) is 1. The van der Waals surface area contributed by atoms with E-state index in [1.807, 2.05) is 0 Å². The zero-order chi connectivity index (χ0) is 11.0. The standard InChI is InChI=1S/C14H22N2/c15-10-14-8-4-3-6-12(14)9-11-5-1-2-7-13(11)16-14/h11-13,16H,1-9H2. The summed E-state index contributed by atoms with van der Waals surface area (Å²) in [6.45, 7) is 0. The van der Waals surface area contributed by atoms with E-state index >= 15 is 0 Å². The smallest absolute Gasteiger partial charge is 0.109 e. The van der Waals surface area contributed by atoms with Gasteiger partial charge in [-0.3, -0.25) is 5.32 Å². The van der Waals surface area contributed by atoms with Gasteiger partial charge in [0.05, 0.1) is 6.07 Å². The molecule has 0 aromatic rings. The Labute approximate surface area is 98.4 Å². The molecule has 0 aromatic carbocycles. The Balaban J connectivity index is 1.82. The summed E-state index contributed by atoms with van der Waals surface area (Å²) < 4.78 is 0. The predicted octanol–water partition coefficient (Wildman–Crippen LogP) is 2.99. The first-order valence-electron chi connectivity index (χ1n) is 7.03. The lowest BCUT2D eigenvalue weighted by molar-refractivity contribution is 0.0575. The van der Waals surface area contributed by atoms with Gasteiger partial charge in [-0.1, -0.05) is 25.7 Å². The van der Waals surface area contributed by atoms with Crippen molar-refractivity contribution in [3.8, 4) is 6.07 Å². The number of hydrogen-bond donors (Lipinski definition) is 1. The van der Waals surface area contributed by atoms with Gasteiger partial charge in [0, 0.05) is 6.04 Å². The van der Waals surface area contributed by atoms with Gasteiger partial charge in [-0.15, -0.1) is 0 Å². The minimum atomic E-state index is -0.142. The van der Waals surface area contributed by atoms with Gasteiger partial charge in [-0.2, -0.15) is 5.26 Å². The Hall–Kier alpha value is -0.550. The molecule has 4 unspecified atom stereocenters. The molecular weight excluding hydrogens is 196 g/mol. The Kier molecular flexibility index (Phi) is 2.67. The molecule has 2 nitrogen and oxygen atoms in total. The molecule has 2 saturated carbocycles. The summed E-state index contributed by atoms with van der Waals surface area (Å²) in [5.74, 6) is 1.52. The van der Waals surface area contributed by atoms with Crippen LogP contribution in [-0.2, 0) is 0 Å². The molecule has 0 spiro atoms. The van der Waals surface area contributed by atoms with Crippen LogP contribution in [0.1, 0.15) is 57.8 Å². The first-order chi connectivity index (χ1) is 7.84. The fourth-order valence-corrected chi connectivity index (χ4v) is 4.31. The van der Waals surface area contributed by atoms with Crippen LogP contribution in [0.15, 0.2) is 0 Å². The van der Waals surface area contributed by atoms with Crippen LogP contribution in [-0.4, -0.2) is 11.6 Å². The van der Waals surface area contributed by atoms with Crippen LogP contribution in [0.5, 0.6) is 0 Å². The van der Waals surface area contributed by atoms with Gasteiger partial charge in [0.1, 0.15) is 5.54 Å². The zero-order valence-corrected chi connectivity index (χ0v) is 10.0. The number of nitrogens with one attached hydrogen (secondary N) is 1. The third kappa shape index (κ3) is 1.57. The minimum Gasteiger partial charge on any atom is -0.296 e. The van der Waals surface area contributed by atoms with Gasteiger partial charge in [-0.05, 0) is 43.9 Å². The lowest BCUT2D eigenvalue weighted by Gasteiger charge is -2.51. The van der Waals surface area contributed by atoms with Gasteiger partial charge in [0.15, 0.2) is 0 Å². The molecule has 2 aliphatic carbocycles. The van der Waals surface area contributed by atoms with Crippen molar-refractivity contribution in [3.63, 3.8) is 0 Å². The second-order valence-electron chi connectivity index (χ2n) is 6.06. The van der Waals surface area contributed by atoms with E-state index in [0.29, 0.717) is 12.0 Å². The predicted molar refractivity (Wildman–Crippen MR) is 63.8 cm³/mol. The first kappa shape index (κ1) is 10.6. The summed E-state index contributed by atoms with van der Waals surface area (Å²) in [7, 11) is 0. The number of fused-ring (bicyclic) bond motifs is 2. The highest BCUT2D eigenvalue weighted by Gasteiger charge is 2.48. The maximum Gasteiger partial charge on any atom is 0.109 e. The van der Waals surface area contributed by atoms with Crippen molar-refractivity contribution in [1.82, 2.24) is 5.32 Å². The topological polar surface area (TPSA) is 35.8 Å². The van der Waals surface area contributed by atoms with Crippen LogP contribution >= 0.6 is 0 Å². The summed E-state index contributed by atoms with van der Waals surface area (Å²) in [6.07, 6.45) is 11.8. The van der Waals surface area contributed by atoms with E-state index in [4.69, 9.17) is 0 Å². The minimum absolute atomic E-state index is 0.142. The van der Waals surface area contributed by atoms with Crippen LogP contribution in [0.25, 0.3) is 0 Å². The summed E-state index contributed by atoms with van der Waals surface area (Å²) in [5, 5.41) is 13.3. The molecule has 0 radical (unpaired) electrons. The largest absolute Gasteiger partial charge is 0.296 e. The van der Waals surface area contributed by atoms with Crippen molar-refractivity contribution >= 4 is 0 Å². The second kappa shape index (κ2) is 4.04. The summed E-state index contributed by atoms with van der Waals surface area (Å²) >= 11 is 0. The molecular formula is C14H22N2. The Morgan fingerprint density at radius 2 is 1.88 bits per heavy atom. The van der Waals surface area contributed by atoms with E-state index in [0.717, 1.165) is 12.3 Å². The molecule has 3 fully saturated rings. The average molecular weight is 218 g/mol. The van der Waals surface area contributed by atoms with Crippen molar-refractivity contribution in [2.24, 2.45) is 11.8 Å². The van der Waals surface area contributed by atoms with E-state index in [1.54, 1.807) is 0 Å². The molecule has 88 valence electrons. The monoisotopic (exact) mass is 218 g/mol. The molecule has 16 heavy (non-hydrogen) atoms. The van der Waals surface area contributed by atoms with E-state index in [1.165, 1.54) is 51.4 Å². The maximum atomic E-state index is 9.55. The molecule has 2 heteroatoms. The second-order valence-corrected chi connectivity index (χ2v) is 6.06. The number of rotatable bonds is 0. The van der Waals surface area contributed by atoms with Crippen LogP contribution in [0.4, 0.5) is 0 Å². The van der Waals surface area contributed by atoms with Crippen molar-refractivity contribution in [2.75, 3.05) is 0 Å². The summed E-state index contributed by atoms with van der Waals surface area (Å²) in [5.41, 5.74) is -0.142. The van der Waals surface area contributed by atoms with Gasteiger partial charge >= 0.3 is 0 Å². The van der Waals surface area contributed by atoms with Crippen LogP contribution < -0.4 is 5.32 Å². The van der Waals surface area contributed by atoms with Gasteiger partial charge in [0.25, 0.3) is 0 Å². The number of nitriles is 1. The molecule has 4 atom stereocenters. The SMILES string of the molecule is N#CC12CCCCC1CC1CCCCC1N2. The lowest BCUT2D eigenvalue weighted by atomic mass is 9.63. The Morgan fingerprint density at radius 3 is 2.75 bits per heavy atom. The third-order valence-corrected chi connectivity index (χ3v) is 5.21. The highest BCUT2D eigenvalue weighted by molar-refractivity contribution is 5.16. The van der Waals surface area contributed by atoms with E-state index in [9.17, 15) is 5.26 Å². The molecule has 1 N–H and O–H groups in total. The van der Waals surface area contributed by atoms with Crippen molar-refractivity contribution in [2.45, 2.75) is 69.4 Å². The van der Waals surface area contributed by atoms with Crippen molar-refractivity contribution in [3.05, 3.63) is 0 Å². The van der Waals surface area contributed by atoms with Crippen LogP contribution in [0.3, 0.4) is 0 Å². The van der Waals surface area contributed by atoms with Crippen LogP contribution in [0.2, 0.25) is 0 Å². The molecule has 0 amide bonds. The highest BCUT2D eigenvalue weighted by Crippen LogP contribution is 2.45. The zero-order valence-electron chi connectivity index (χ0n) is 10.0. The molecule has 3 aliphatic rings. The van der Waals surface area contributed by atoms with Gasteiger partial charge < -0.3 is 0 Å². The van der Waals surface area contributed by atoms with Crippen LogP contribution in [0, 0.1) is 23.2 Å². The van der Waals surface area contributed by atoms with E-state index in [-0.39, 0.29) is 5.54 Å². The summed E-state index contributed by atoms with van der Waals surface area (Å²) in [6, 6.07) is 3.30. The van der Waals surface area contributed by atoms with E-state index in [2.05, 4.69) is 11.4 Å². The Bertz CT molecular complexity index is 306. The fourth-order valence-electron chi connectivity index (χ4n) is 4.31. The normalized spacial score (nSPS) is 47.6. The van der Waals surface area contributed by atoms with Gasteiger partial charge in [0.2, 0.25) is 0 Å². The maximum absolute atomic E-state index is 9.55. The molecule has 1 heterocycles. The number of piperidine rings is 1. The molecule has 3 rings (SSSR count). The molecule has 0 bridgehead atoms. The molecule has 1 saturated heterocycles.